The molecule has 20 heavy (non-hydrogen) atoms. The average Bonchev–Trinajstić information content (AvgIpc) is 2.83. The molecule has 0 radical (unpaired) electrons. The van der Waals surface area contributed by atoms with Crippen molar-refractivity contribution in [3.63, 3.8) is 0 Å². The van der Waals surface area contributed by atoms with Gasteiger partial charge in [-0.15, -0.1) is 0 Å². The van der Waals surface area contributed by atoms with Crippen LogP contribution in [0.2, 0.25) is 0 Å². The normalized spacial score (nSPS) is 32.5. The molecule has 4 rings (SSSR count). The largest absolute Gasteiger partial charge is 0.490 e. The van der Waals surface area contributed by atoms with Gasteiger partial charge in [0.05, 0.1) is 13.2 Å². The van der Waals surface area contributed by atoms with Gasteiger partial charge in [0.25, 0.3) is 0 Å². The highest BCUT2D eigenvalue weighted by Gasteiger charge is 2.33. The molecule has 3 aliphatic rings. The van der Waals surface area contributed by atoms with Crippen molar-refractivity contribution >= 4 is 0 Å². The van der Waals surface area contributed by atoms with Crippen molar-refractivity contribution < 1.29 is 9.47 Å². The Bertz CT molecular complexity index is 488. The van der Waals surface area contributed by atoms with Crippen LogP contribution >= 0.6 is 0 Å². The SMILES string of the molecule is c1cc2c(cc1C1CCC3CCCC3N1)OCCCO2. The third-order valence-electron chi connectivity index (χ3n) is 5.07. The lowest BCUT2D eigenvalue weighted by Crippen LogP contribution is -2.40. The molecular formula is C17H23NO2. The number of benzene rings is 1. The molecule has 108 valence electrons. The van der Waals surface area contributed by atoms with Gasteiger partial charge in [0.15, 0.2) is 11.5 Å². The topological polar surface area (TPSA) is 30.5 Å². The van der Waals surface area contributed by atoms with Crippen molar-refractivity contribution in [3.8, 4) is 11.5 Å². The van der Waals surface area contributed by atoms with E-state index in [9.17, 15) is 0 Å². The maximum atomic E-state index is 5.81. The molecule has 1 aliphatic carbocycles. The quantitative estimate of drug-likeness (QED) is 0.850. The van der Waals surface area contributed by atoms with E-state index in [2.05, 4.69) is 23.5 Å². The van der Waals surface area contributed by atoms with E-state index in [0.29, 0.717) is 6.04 Å². The van der Waals surface area contributed by atoms with E-state index in [1.165, 1.54) is 37.7 Å². The van der Waals surface area contributed by atoms with Crippen LogP contribution in [0.1, 0.15) is 50.1 Å². The molecule has 3 atom stereocenters. The maximum Gasteiger partial charge on any atom is 0.161 e. The van der Waals surface area contributed by atoms with E-state index in [-0.39, 0.29) is 0 Å². The molecule has 2 aliphatic heterocycles. The molecular weight excluding hydrogens is 250 g/mol. The van der Waals surface area contributed by atoms with Crippen LogP contribution in [0.25, 0.3) is 0 Å². The molecule has 1 N–H and O–H groups in total. The molecule has 0 amide bonds. The van der Waals surface area contributed by atoms with Crippen molar-refractivity contribution in [2.24, 2.45) is 5.92 Å². The van der Waals surface area contributed by atoms with Crippen LogP contribution in [0.5, 0.6) is 11.5 Å². The van der Waals surface area contributed by atoms with E-state index >= 15 is 0 Å². The zero-order valence-electron chi connectivity index (χ0n) is 11.9. The van der Waals surface area contributed by atoms with Crippen molar-refractivity contribution in [2.45, 2.75) is 50.6 Å². The summed E-state index contributed by atoms with van der Waals surface area (Å²) in [7, 11) is 0. The third kappa shape index (κ3) is 2.28. The van der Waals surface area contributed by atoms with Gasteiger partial charge in [-0.05, 0) is 49.3 Å². The van der Waals surface area contributed by atoms with Crippen LogP contribution in [0.4, 0.5) is 0 Å². The van der Waals surface area contributed by atoms with E-state index < -0.39 is 0 Å². The number of piperidine rings is 1. The Morgan fingerprint density at radius 3 is 2.75 bits per heavy atom. The molecule has 1 saturated heterocycles. The Morgan fingerprint density at radius 2 is 1.80 bits per heavy atom. The standard InChI is InChI=1S/C17H23NO2/c1-3-12-5-7-15(18-14(12)4-1)13-6-8-16-17(11-13)20-10-2-9-19-16/h6,8,11-12,14-15,18H,1-5,7,9-10H2. The maximum absolute atomic E-state index is 5.81. The summed E-state index contributed by atoms with van der Waals surface area (Å²) < 4.78 is 11.5. The van der Waals surface area contributed by atoms with Crippen molar-refractivity contribution in [1.29, 1.82) is 0 Å². The fourth-order valence-corrected chi connectivity index (χ4v) is 3.98. The Labute approximate surface area is 120 Å². The highest BCUT2D eigenvalue weighted by Crippen LogP contribution is 2.40. The monoisotopic (exact) mass is 273 g/mol. The molecule has 3 unspecified atom stereocenters. The first kappa shape index (κ1) is 12.5. The molecule has 2 heterocycles. The van der Waals surface area contributed by atoms with Crippen LogP contribution in [0, 0.1) is 5.92 Å². The van der Waals surface area contributed by atoms with Crippen LogP contribution in [-0.4, -0.2) is 19.3 Å². The van der Waals surface area contributed by atoms with Crippen LogP contribution < -0.4 is 14.8 Å². The summed E-state index contributed by atoms with van der Waals surface area (Å²) in [6.45, 7) is 1.52. The van der Waals surface area contributed by atoms with E-state index in [1.807, 2.05) is 0 Å². The molecule has 1 saturated carbocycles. The predicted molar refractivity (Wildman–Crippen MR) is 78.3 cm³/mol. The molecule has 3 heteroatoms. The summed E-state index contributed by atoms with van der Waals surface area (Å²) in [6, 6.07) is 7.71. The predicted octanol–water partition coefficient (Wildman–Crippen LogP) is 3.44. The first-order valence-corrected chi connectivity index (χ1v) is 8.06. The minimum atomic E-state index is 0.492. The van der Waals surface area contributed by atoms with Gasteiger partial charge in [-0.25, -0.2) is 0 Å². The van der Waals surface area contributed by atoms with Crippen molar-refractivity contribution in [2.75, 3.05) is 13.2 Å². The van der Waals surface area contributed by atoms with E-state index in [4.69, 9.17) is 9.47 Å². The summed E-state index contributed by atoms with van der Waals surface area (Å²) in [5, 5.41) is 3.86. The van der Waals surface area contributed by atoms with Gasteiger partial charge in [-0.2, -0.15) is 0 Å². The summed E-state index contributed by atoms with van der Waals surface area (Å²) in [6.07, 6.45) is 7.76. The molecule has 0 bridgehead atoms. The lowest BCUT2D eigenvalue weighted by atomic mass is 9.87. The second kappa shape index (κ2) is 5.28. The van der Waals surface area contributed by atoms with Gasteiger partial charge >= 0.3 is 0 Å². The Balaban J connectivity index is 1.55. The van der Waals surface area contributed by atoms with Crippen LogP contribution in [-0.2, 0) is 0 Å². The Morgan fingerprint density at radius 1 is 0.900 bits per heavy atom. The second-order valence-corrected chi connectivity index (χ2v) is 6.35. The van der Waals surface area contributed by atoms with Crippen molar-refractivity contribution in [3.05, 3.63) is 23.8 Å². The smallest absolute Gasteiger partial charge is 0.161 e. The lowest BCUT2D eigenvalue weighted by molar-refractivity contribution is 0.260. The minimum absolute atomic E-state index is 0.492. The Hall–Kier alpha value is -1.22. The van der Waals surface area contributed by atoms with Gasteiger partial charge in [-0.3, -0.25) is 0 Å². The second-order valence-electron chi connectivity index (χ2n) is 6.35. The fourth-order valence-electron chi connectivity index (χ4n) is 3.98. The van der Waals surface area contributed by atoms with Gasteiger partial charge in [0, 0.05) is 18.5 Å². The summed E-state index contributed by atoms with van der Waals surface area (Å²) in [5.74, 6) is 2.75. The zero-order chi connectivity index (χ0) is 13.4. The first-order chi connectivity index (χ1) is 9.90. The van der Waals surface area contributed by atoms with E-state index in [0.717, 1.165) is 43.1 Å². The minimum Gasteiger partial charge on any atom is -0.490 e. The van der Waals surface area contributed by atoms with Crippen molar-refractivity contribution in [1.82, 2.24) is 5.32 Å². The summed E-state index contributed by atoms with van der Waals surface area (Å²) in [4.78, 5) is 0. The molecule has 3 nitrogen and oxygen atoms in total. The number of fused-ring (bicyclic) bond motifs is 2. The number of hydrogen-bond donors (Lipinski definition) is 1. The van der Waals surface area contributed by atoms with Gasteiger partial charge < -0.3 is 14.8 Å². The van der Waals surface area contributed by atoms with Gasteiger partial charge in [0.2, 0.25) is 0 Å². The van der Waals surface area contributed by atoms with Gasteiger partial charge in [0.1, 0.15) is 0 Å². The Kier molecular flexibility index (Phi) is 3.31. The number of ether oxygens (including phenoxy) is 2. The third-order valence-corrected chi connectivity index (χ3v) is 5.07. The molecule has 2 fully saturated rings. The molecule has 1 aromatic carbocycles. The van der Waals surface area contributed by atoms with Crippen LogP contribution in [0.3, 0.4) is 0 Å². The first-order valence-electron chi connectivity index (χ1n) is 8.06. The summed E-state index contributed by atoms with van der Waals surface area (Å²) in [5.41, 5.74) is 1.36. The summed E-state index contributed by atoms with van der Waals surface area (Å²) >= 11 is 0. The van der Waals surface area contributed by atoms with E-state index in [1.54, 1.807) is 0 Å². The zero-order valence-corrected chi connectivity index (χ0v) is 11.9. The highest BCUT2D eigenvalue weighted by atomic mass is 16.5. The van der Waals surface area contributed by atoms with Crippen LogP contribution in [0.15, 0.2) is 18.2 Å². The number of nitrogens with one attached hydrogen (secondary N) is 1. The number of rotatable bonds is 1. The molecule has 1 aromatic rings. The lowest BCUT2D eigenvalue weighted by Gasteiger charge is -2.34. The average molecular weight is 273 g/mol. The molecule has 0 spiro atoms. The fraction of sp³-hybridized carbons (Fsp3) is 0.647. The van der Waals surface area contributed by atoms with Gasteiger partial charge in [-0.1, -0.05) is 12.5 Å². The molecule has 0 aromatic heterocycles. The number of hydrogen-bond acceptors (Lipinski definition) is 3. The highest BCUT2D eigenvalue weighted by molar-refractivity contribution is 5.44.